The van der Waals surface area contributed by atoms with E-state index in [-0.39, 0.29) is 0 Å². The summed E-state index contributed by atoms with van der Waals surface area (Å²) < 4.78 is 0. The molecule has 31 heavy (non-hydrogen) atoms. The lowest BCUT2D eigenvalue weighted by Crippen LogP contribution is -2.25. The fraction of sp³-hybridized carbons (Fsp3) is 0.833. The molecule has 0 aromatic carbocycles. The maximum atomic E-state index is 4.90. The van der Waals surface area contributed by atoms with Gasteiger partial charge in [-0.15, -0.1) is 0 Å². The first-order valence-corrected chi connectivity index (χ1v) is 14.2. The normalized spacial score (nSPS) is 26.8. The molecule has 1 aromatic heterocycles. The molecule has 1 aromatic rings. The van der Waals surface area contributed by atoms with Gasteiger partial charge in [0.25, 0.3) is 0 Å². The maximum absolute atomic E-state index is 4.90. The van der Waals surface area contributed by atoms with Gasteiger partial charge < -0.3 is 0 Å². The van der Waals surface area contributed by atoms with Crippen LogP contribution in [0.1, 0.15) is 147 Å². The molecule has 1 heterocycles. The van der Waals surface area contributed by atoms with Crippen molar-refractivity contribution in [1.29, 1.82) is 0 Å². The molecule has 0 amide bonds. The molecule has 2 fully saturated rings. The zero-order valence-electron chi connectivity index (χ0n) is 20.9. The fourth-order valence-corrected chi connectivity index (χ4v) is 6.45. The first-order valence-electron chi connectivity index (χ1n) is 14.2. The Bertz CT molecular complexity index is 561. The van der Waals surface area contributed by atoms with Crippen LogP contribution in [0.5, 0.6) is 0 Å². The van der Waals surface area contributed by atoms with E-state index in [1.807, 2.05) is 0 Å². The molecule has 0 atom stereocenters. The van der Waals surface area contributed by atoms with E-state index in [2.05, 4.69) is 32.2 Å². The van der Waals surface area contributed by atoms with Gasteiger partial charge in [0.2, 0.25) is 0 Å². The number of nitrogens with zero attached hydrogens (tertiary/aromatic N) is 1. The number of hydrogen-bond donors (Lipinski definition) is 0. The molecule has 0 N–H and O–H groups in total. The minimum absolute atomic E-state index is 0.727. The third kappa shape index (κ3) is 8.54. The standard InChI is InChI=1S/C30H51N/c1-3-5-7-9-11-12-25-14-17-27(18-15-25)28-19-21-29(22-20-28)30-23-16-26(24-31-30)13-10-8-6-4-2/h16,23-25,27-29H,3-15,17-22H2,1-2H3. The van der Waals surface area contributed by atoms with Gasteiger partial charge in [-0.05, 0) is 80.8 Å². The second-order valence-electron chi connectivity index (χ2n) is 11.0. The summed E-state index contributed by atoms with van der Waals surface area (Å²) in [6.07, 6.45) is 29.3. The fourth-order valence-electron chi connectivity index (χ4n) is 6.45. The van der Waals surface area contributed by atoms with Crippen molar-refractivity contribution in [2.24, 2.45) is 17.8 Å². The molecule has 0 spiro atoms. The third-order valence-corrected chi connectivity index (χ3v) is 8.63. The molecular formula is C30H51N. The molecule has 3 rings (SSSR count). The van der Waals surface area contributed by atoms with Crippen LogP contribution in [-0.2, 0) is 6.42 Å². The van der Waals surface area contributed by atoms with Gasteiger partial charge in [0, 0.05) is 17.8 Å². The van der Waals surface area contributed by atoms with E-state index in [4.69, 9.17) is 4.98 Å². The van der Waals surface area contributed by atoms with Gasteiger partial charge in [0.15, 0.2) is 0 Å². The van der Waals surface area contributed by atoms with E-state index in [0.717, 1.165) is 23.7 Å². The summed E-state index contributed by atoms with van der Waals surface area (Å²) in [5.41, 5.74) is 2.82. The smallest absolute Gasteiger partial charge is 0.0434 e. The van der Waals surface area contributed by atoms with Crippen molar-refractivity contribution in [3.63, 3.8) is 0 Å². The zero-order chi connectivity index (χ0) is 21.7. The SMILES string of the molecule is CCCCCCCC1CCC(C2CCC(c3ccc(CCCCCC)cn3)CC2)CC1. The van der Waals surface area contributed by atoms with Crippen molar-refractivity contribution in [3.8, 4) is 0 Å². The van der Waals surface area contributed by atoms with Crippen LogP contribution < -0.4 is 0 Å². The Morgan fingerprint density at radius 2 is 1.29 bits per heavy atom. The summed E-state index contributed by atoms with van der Waals surface area (Å²) in [5.74, 6) is 3.83. The predicted octanol–water partition coefficient (Wildman–Crippen LogP) is 9.65. The summed E-state index contributed by atoms with van der Waals surface area (Å²) in [6, 6.07) is 4.72. The highest BCUT2D eigenvalue weighted by atomic mass is 14.7. The van der Waals surface area contributed by atoms with Crippen LogP contribution in [0.25, 0.3) is 0 Å². The molecule has 1 heteroatoms. The van der Waals surface area contributed by atoms with E-state index in [1.54, 1.807) is 0 Å². The van der Waals surface area contributed by atoms with Crippen molar-refractivity contribution in [2.45, 2.75) is 142 Å². The topological polar surface area (TPSA) is 12.9 Å². The van der Waals surface area contributed by atoms with Gasteiger partial charge in [-0.2, -0.15) is 0 Å². The summed E-state index contributed by atoms with van der Waals surface area (Å²) in [5, 5.41) is 0. The van der Waals surface area contributed by atoms with Gasteiger partial charge >= 0.3 is 0 Å². The van der Waals surface area contributed by atoms with Crippen LogP contribution in [0.15, 0.2) is 18.3 Å². The first kappa shape index (κ1) is 24.8. The zero-order valence-corrected chi connectivity index (χ0v) is 20.9. The summed E-state index contributed by atoms with van der Waals surface area (Å²) in [4.78, 5) is 4.90. The maximum Gasteiger partial charge on any atom is 0.0434 e. The molecule has 1 nitrogen and oxygen atoms in total. The number of aromatic nitrogens is 1. The average Bonchev–Trinajstić information content (AvgIpc) is 2.83. The van der Waals surface area contributed by atoms with Crippen molar-refractivity contribution < 1.29 is 0 Å². The monoisotopic (exact) mass is 425 g/mol. The molecular weight excluding hydrogens is 374 g/mol. The number of rotatable bonds is 13. The van der Waals surface area contributed by atoms with Crippen molar-refractivity contribution >= 4 is 0 Å². The minimum Gasteiger partial charge on any atom is -0.261 e. The molecule has 2 aliphatic rings. The first-order chi connectivity index (χ1) is 15.3. The Kier molecular flexibility index (Phi) is 11.5. The molecule has 0 unspecified atom stereocenters. The minimum atomic E-state index is 0.727. The van der Waals surface area contributed by atoms with Crippen molar-refractivity contribution in [2.75, 3.05) is 0 Å². The van der Waals surface area contributed by atoms with Crippen LogP contribution in [-0.4, -0.2) is 4.98 Å². The quantitative estimate of drug-likeness (QED) is 0.287. The van der Waals surface area contributed by atoms with Crippen molar-refractivity contribution in [1.82, 2.24) is 4.98 Å². The lowest BCUT2D eigenvalue weighted by Gasteiger charge is -2.38. The number of pyridine rings is 1. The lowest BCUT2D eigenvalue weighted by atomic mass is 9.68. The van der Waals surface area contributed by atoms with E-state index in [0.29, 0.717) is 0 Å². The highest BCUT2D eigenvalue weighted by Crippen LogP contribution is 2.44. The van der Waals surface area contributed by atoms with E-state index < -0.39 is 0 Å². The summed E-state index contributed by atoms with van der Waals surface area (Å²) in [7, 11) is 0. The van der Waals surface area contributed by atoms with Gasteiger partial charge in [0.1, 0.15) is 0 Å². The molecule has 176 valence electrons. The molecule has 2 saturated carbocycles. The van der Waals surface area contributed by atoms with E-state index in [1.165, 1.54) is 133 Å². The summed E-state index contributed by atoms with van der Waals surface area (Å²) >= 11 is 0. The third-order valence-electron chi connectivity index (χ3n) is 8.63. The molecule has 2 aliphatic carbocycles. The number of aryl methyl sites for hydroxylation is 1. The number of hydrogen-bond acceptors (Lipinski definition) is 1. The number of unbranched alkanes of at least 4 members (excludes halogenated alkanes) is 7. The molecule has 0 aliphatic heterocycles. The molecule has 0 saturated heterocycles. The Labute approximate surface area is 194 Å². The highest BCUT2D eigenvalue weighted by molar-refractivity contribution is 5.17. The van der Waals surface area contributed by atoms with Crippen LogP contribution in [0, 0.1) is 17.8 Å². The second kappa shape index (κ2) is 14.3. The van der Waals surface area contributed by atoms with Gasteiger partial charge in [-0.25, -0.2) is 0 Å². The van der Waals surface area contributed by atoms with E-state index >= 15 is 0 Å². The largest absolute Gasteiger partial charge is 0.261 e. The van der Waals surface area contributed by atoms with Gasteiger partial charge in [-0.3, -0.25) is 4.98 Å². The average molecular weight is 426 g/mol. The Morgan fingerprint density at radius 3 is 1.90 bits per heavy atom. The van der Waals surface area contributed by atoms with Crippen LogP contribution in [0.4, 0.5) is 0 Å². The van der Waals surface area contributed by atoms with Crippen LogP contribution >= 0.6 is 0 Å². The molecule has 0 bridgehead atoms. The Balaban J connectivity index is 1.32. The van der Waals surface area contributed by atoms with E-state index in [9.17, 15) is 0 Å². The predicted molar refractivity (Wildman–Crippen MR) is 136 cm³/mol. The van der Waals surface area contributed by atoms with Gasteiger partial charge in [-0.1, -0.05) is 90.5 Å². The Morgan fingerprint density at radius 1 is 0.677 bits per heavy atom. The van der Waals surface area contributed by atoms with Gasteiger partial charge in [0.05, 0.1) is 0 Å². The summed E-state index contributed by atoms with van der Waals surface area (Å²) in [6.45, 7) is 4.60. The lowest BCUT2D eigenvalue weighted by molar-refractivity contribution is 0.155. The molecule has 0 radical (unpaired) electrons. The highest BCUT2D eigenvalue weighted by Gasteiger charge is 2.31. The van der Waals surface area contributed by atoms with Crippen LogP contribution in [0.2, 0.25) is 0 Å². The van der Waals surface area contributed by atoms with Crippen LogP contribution in [0.3, 0.4) is 0 Å². The second-order valence-corrected chi connectivity index (χ2v) is 11.0. The Hall–Kier alpha value is -0.850. The van der Waals surface area contributed by atoms with Crippen molar-refractivity contribution in [3.05, 3.63) is 29.6 Å².